The van der Waals surface area contributed by atoms with E-state index in [0.29, 0.717) is 5.92 Å². The Kier molecular flexibility index (Phi) is 5.98. The normalized spacial score (nSPS) is 15.5. The predicted molar refractivity (Wildman–Crippen MR) is 74.5 cm³/mol. The maximum Gasteiger partial charge on any atom is 0.0552 e. The average molecular weight is 235 g/mol. The summed E-state index contributed by atoms with van der Waals surface area (Å²) < 4.78 is 0. The van der Waals surface area contributed by atoms with E-state index in [1.54, 1.807) is 0 Å². The van der Waals surface area contributed by atoms with Crippen LogP contribution < -0.4 is 10.6 Å². The summed E-state index contributed by atoms with van der Waals surface area (Å²) in [5.74, 6) is 0.528. The summed E-state index contributed by atoms with van der Waals surface area (Å²) in [5, 5.41) is 0. The molecule has 0 aliphatic carbocycles. The molecule has 17 heavy (non-hydrogen) atoms. The first-order chi connectivity index (χ1) is 8.27. The van der Waals surface area contributed by atoms with Crippen LogP contribution in [0.1, 0.15) is 44.7 Å². The summed E-state index contributed by atoms with van der Waals surface area (Å²) in [6, 6.07) is 4.38. The van der Waals surface area contributed by atoms with Crippen molar-refractivity contribution in [2.75, 3.05) is 25.0 Å². The van der Waals surface area contributed by atoms with E-state index in [9.17, 15) is 0 Å². The zero-order chi connectivity index (χ0) is 12.7. The number of hydrogen-bond donors (Lipinski definition) is 1. The van der Waals surface area contributed by atoms with Gasteiger partial charge >= 0.3 is 0 Å². The van der Waals surface area contributed by atoms with Crippen LogP contribution in [0.15, 0.2) is 18.3 Å². The van der Waals surface area contributed by atoms with E-state index < -0.39 is 0 Å². The number of anilines is 1. The third-order valence-corrected chi connectivity index (χ3v) is 3.08. The Balaban J connectivity index is 0.000000686. The molecule has 1 aromatic rings. The lowest BCUT2D eigenvalue weighted by molar-refractivity contribution is 0.577. The third kappa shape index (κ3) is 4.00. The second kappa shape index (κ2) is 7.28. The molecule has 1 aromatic heterocycles. The van der Waals surface area contributed by atoms with E-state index in [0.717, 1.165) is 0 Å². The summed E-state index contributed by atoms with van der Waals surface area (Å²) in [6.07, 6.45) is 6.06. The number of rotatable bonds is 2. The van der Waals surface area contributed by atoms with E-state index in [2.05, 4.69) is 41.6 Å². The molecule has 2 N–H and O–H groups in total. The van der Waals surface area contributed by atoms with Gasteiger partial charge in [0.1, 0.15) is 0 Å². The maximum atomic E-state index is 4.51. The molecular weight excluding hydrogens is 210 g/mol. The highest BCUT2D eigenvalue weighted by Crippen LogP contribution is 2.20. The largest absolute Gasteiger partial charge is 0.370 e. The lowest BCUT2D eigenvalue weighted by Gasteiger charge is -2.28. The number of piperidine rings is 1. The molecule has 1 fully saturated rings. The van der Waals surface area contributed by atoms with Gasteiger partial charge < -0.3 is 10.6 Å². The van der Waals surface area contributed by atoms with Crippen LogP contribution in [0.25, 0.3) is 0 Å². The van der Waals surface area contributed by atoms with Gasteiger partial charge in [0.25, 0.3) is 0 Å². The molecule has 2 heterocycles. The first-order valence-corrected chi connectivity index (χ1v) is 6.56. The Labute approximate surface area is 105 Å². The fourth-order valence-corrected chi connectivity index (χ4v) is 2.08. The molecule has 0 aromatic carbocycles. The van der Waals surface area contributed by atoms with Crippen LogP contribution in [0.3, 0.4) is 0 Å². The van der Waals surface area contributed by atoms with Crippen molar-refractivity contribution in [3.05, 3.63) is 24.0 Å². The van der Waals surface area contributed by atoms with Crippen molar-refractivity contribution >= 4 is 5.69 Å². The monoisotopic (exact) mass is 235 g/mol. The van der Waals surface area contributed by atoms with Gasteiger partial charge in [0.15, 0.2) is 0 Å². The summed E-state index contributed by atoms with van der Waals surface area (Å²) >= 11 is 0. The fraction of sp³-hybridized carbons (Fsp3) is 0.643. The summed E-state index contributed by atoms with van der Waals surface area (Å²) in [7, 11) is 1.50. The molecule has 0 spiro atoms. The highest BCUT2D eigenvalue weighted by Gasteiger charge is 2.11. The van der Waals surface area contributed by atoms with Crippen molar-refractivity contribution in [2.45, 2.75) is 39.0 Å². The first kappa shape index (κ1) is 14.0. The molecule has 2 rings (SSSR count). The van der Waals surface area contributed by atoms with Crippen LogP contribution >= 0.6 is 0 Å². The number of nitrogens with zero attached hydrogens (tertiary/aromatic N) is 2. The van der Waals surface area contributed by atoms with Gasteiger partial charge in [0.2, 0.25) is 0 Å². The maximum absolute atomic E-state index is 4.51. The highest BCUT2D eigenvalue weighted by atomic mass is 15.1. The van der Waals surface area contributed by atoms with Crippen LogP contribution in [0.4, 0.5) is 5.69 Å². The van der Waals surface area contributed by atoms with Gasteiger partial charge in [0.05, 0.1) is 11.9 Å². The second-order valence-electron chi connectivity index (χ2n) is 4.64. The van der Waals surface area contributed by atoms with Crippen LogP contribution in [-0.4, -0.2) is 25.1 Å². The molecule has 1 aliphatic rings. The minimum atomic E-state index is 0.528. The van der Waals surface area contributed by atoms with Crippen LogP contribution in [0, 0.1) is 0 Å². The number of pyridine rings is 1. The van der Waals surface area contributed by atoms with Gasteiger partial charge in [0, 0.05) is 18.8 Å². The molecule has 1 saturated heterocycles. The number of aromatic nitrogens is 1. The minimum absolute atomic E-state index is 0.528. The van der Waals surface area contributed by atoms with Crippen LogP contribution in [0.2, 0.25) is 0 Å². The minimum Gasteiger partial charge on any atom is -0.370 e. The molecule has 0 radical (unpaired) electrons. The van der Waals surface area contributed by atoms with Crippen molar-refractivity contribution in [1.82, 2.24) is 4.98 Å². The quantitative estimate of drug-likeness (QED) is 0.857. The van der Waals surface area contributed by atoms with Gasteiger partial charge in [-0.3, -0.25) is 4.98 Å². The lowest BCUT2D eigenvalue weighted by atomic mass is 10.1. The first-order valence-electron chi connectivity index (χ1n) is 6.56. The van der Waals surface area contributed by atoms with Crippen molar-refractivity contribution in [3.63, 3.8) is 0 Å². The topological polar surface area (TPSA) is 42.2 Å². The summed E-state index contributed by atoms with van der Waals surface area (Å²) in [4.78, 5) is 6.96. The van der Waals surface area contributed by atoms with Crippen molar-refractivity contribution in [1.29, 1.82) is 0 Å². The Bertz CT molecular complexity index is 300. The van der Waals surface area contributed by atoms with Gasteiger partial charge in [-0.05, 0) is 44.4 Å². The van der Waals surface area contributed by atoms with Gasteiger partial charge in [-0.1, -0.05) is 13.8 Å². The summed E-state index contributed by atoms with van der Waals surface area (Å²) in [5.41, 5.74) is 6.98. The molecule has 3 nitrogen and oxygen atoms in total. The second-order valence-corrected chi connectivity index (χ2v) is 4.64. The third-order valence-electron chi connectivity index (χ3n) is 3.08. The van der Waals surface area contributed by atoms with Crippen LogP contribution in [0.5, 0.6) is 0 Å². The molecule has 0 saturated carbocycles. The molecular formula is C14H25N3. The Morgan fingerprint density at radius 2 is 1.76 bits per heavy atom. The zero-order valence-electron chi connectivity index (χ0n) is 11.3. The van der Waals surface area contributed by atoms with Crippen molar-refractivity contribution in [2.24, 2.45) is 5.73 Å². The molecule has 0 bridgehead atoms. The number of hydrogen-bond acceptors (Lipinski definition) is 3. The standard InChI is InChI=1S/C13H20N2.CH5N/c1-11(2)13-7-6-12(10-14-13)15-8-4-3-5-9-15;1-2/h6-7,10-11H,3-5,8-9H2,1-2H3;2H2,1H3. The Morgan fingerprint density at radius 3 is 2.24 bits per heavy atom. The van der Waals surface area contributed by atoms with Crippen molar-refractivity contribution < 1.29 is 0 Å². The SMILES string of the molecule is CC(C)c1ccc(N2CCCCC2)cn1.CN. The number of nitrogens with two attached hydrogens (primary N) is 1. The Hall–Kier alpha value is -1.09. The van der Waals surface area contributed by atoms with E-state index in [-0.39, 0.29) is 0 Å². The zero-order valence-corrected chi connectivity index (χ0v) is 11.3. The average Bonchev–Trinajstić information content (AvgIpc) is 2.42. The van der Waals surface area contributed by atoms with E-state index in [1.165, 1.54) is 50.8 Å². The van der Waals surface area contributed by atoms with E-state index in [1.807, 2.05) is 6.20 Å². The fourth-order valence-electron chi connectivity index (χ4n) is 2.08. The highest BCUT2D eigenvalue weighted by molar-refractivity contribution is 5.45. The molecule has 0 amide bonds. The van der Waals surface area contributed by atoms with Gasteiger partial charge in [-0.2, -0.15) is 0 Å². The molecule has 96 valence electrons. The van der Waals surface area contributed by atoms with E-state index >= 15 is 0 Å². The molecule has 1 aliphatic heterocycles. The van der Waals surface area contributed by atoms with Crippen molar-refractivity contribution in [3.8, 4) is 0 Å². The summed E-state index contributed by atoms with van der Waals surface area (Å²) in [6.45, 7) is 6.76. The van der Waals surface area contributed by atoms with Gasteiger partial charge in [-0.15, -0.1) is 0 Å². The predicted octanol–water partition coefficient (Wildman–Crippen LogP) is 2.77. The van der Waals surface area contributed by atoms with Gasteiger partial charge in [-0.25, -0.2) is 0 Å². The molecule has 0 unspecified atom stereocenters. The Morgan fingerprint density at radius 1 is 1.12 bits per heavy atom. The lowest BCUT2D eigenvalue weighted by Crippen LogP contribution is -2.29. The van der Waals surface area contributed by atoms with Crippen LogP contribution in [-0.2, 0) is 0 Å². The smallest absolute Gasteiger partial charge is 0.0552 e. The molecule has 3 heteroatoms. The molecule has 0 atom stereocenters. The van der Waals surface area contributed by atoms with E-state index in [4.69, 9.17) is 0 Å².